The maximum Gasteiger partial charge on any atom is 0.279 e. The Hall–Kier alpha value is -2.70. The van der Waals surface area contributed by atoms with Crippen LogP contribution in [0.3, 0.4) is 0 Å². The van der Waals surface area contributed by atoms with Crippen LogP contribution in [0.1, 0.15) is 23.2 Å². The van der Waals surface area contributed by atoms with E-state index >= 15 is 0 Å². The van der Waals surface area contributed by atoms with Gasteiger partial charge in [0.2, 0.25) is 0 Å². The van der Waals surface area contributed by atoms with Gasteiger partial charge in [0.15, 0.2) is 6.54 Å². The van der Waals surface area contributed by atoms with Crippen LogP contribution in [0, 0.1) is 0 Å². The molecular formula is C24H25BrN3O2+. The zero-order chi connectivity index (χ0) is 20.9. The van der Waals surface area contributed by atoms with Crippen LogP contribution in [0.4, 0.5) is 5.69 Å². The topological polar surface area (TPSA) is 62.6 Å². The number of amides is 2. The van der Waals surface area contributed by atoms with Gasteiger partial charge in [-0.2, -0.15) is 0 Å². The lowest BCUT2D eigenvalue weighted by molar-refractivity contribution is -0.897. The lowest BCUT2D eigenvalue weighted by atomic mass is 10.0. The van der Waals surface area contributed by atoms with E-state index in [1.165, 1.54) is 4.90 Å². The van der Waals surface area contributed by atoms with Gasteiger partial charge < -0.3 is 15.5 Å². The molecule has 3 aromatic rings. The van der Waals surface area contributed by atoms with E-state index in [-0.39, 0.29) is 17.9 Å². The second-order valence-electron chi connectivity index (χ2n) is 7.76. The number of quaternary nitrogens is 1. The van der Waals surface area contributed by atoms with Crippen molar-refractivity contribution in [2.45, 2.75) is 18.9 Å². The molecule has 6 heteroatoms. The lowest BCUT2D eigenvalue weighted by Crippen LogP contribution is -3.14. The second-order valence-corrected chi connectivity index (χ2v) is 8.67. The summed E-state index contributed by atoms with van der Waals surface area (Å²) in [6, 6.07) is 21.5. The van der Waals surface area contributed by atoms with Gasteiger partial charge in [0.25, 0.3) is 11.8 Å². The maximum atomic E-state index is 12.6. The number of rotatable bonds is 5. The molecule has 30 heavy (non-hydrogen) atoms. The van der Waals surface area contributed by atoms with Gasteiger partial charge in [-0.25, -0.2) is 0 Å². The number of nitrogens with one attached hydrogen (secondary N) is 3. The minimum atomic E-state index is -0.0374. The van der Waals surface area contributed by atoms with Crippen LogP contribution in [-0.2, 0) is 4.79 Å². The number of carbonyl (C=O) groups excluding carboxylic acids is 2. The number of halogens is 1. The first kappa shape index (κ1) is 20.6. The summed E-state index contributed by atoms with van der Waals surface area (Å²) < 4.78 is 0.956. The van der Waals surface area contributed by atoms with Gasteiger partial charge in [-0.1, -0.05) is 52.3 Å². The van der Waals surface area contributed by atoms with E-state index in [1.807, 2.05) is 66.7 Å². The summed E-state index contributed by atoms with van der Waals surface area (Å²) in [5.74, 6) is -0.0108. The van der Waals surface area contributed by atoms with Gasteiger partial charge in [-0.15, -0.1) is 0 Å². The minimum Gasteiger partial charge on any atom is -0.349 e. The highest BCUT2D eigenvalue weighted by Gasteiger charge is 2.25. The third kappa shape index (κ3) is 5.07. The van der Waals surface area contributed by atoms with E-state index in [4.69, 9.17) is 0 Å². The molecule has 1 heterocycles. The summed E-state index contributed by atoms with van der Waals surface area (Å²) >= 11 is 3.38. The molecule has 2 amide bonds. The van der Waals surface area contributed by atoms with Crippen LogP contribution < -0.4 is 15.5 Å². The molecule has 3 N–H and O–H groups in total. The first-order chi connectivity index (χ1) is 14.6. The van der Waals surface area contributed by atoms with Crippen molar-refractivity contribution >= 4 is 44.2 Å². The van der Waals surface area contributed by atoms with Crippen molar-refractivity contribution < 1.29 is 14.5 Å². The third-order valence-corrected chi connectivity index (χ3v) is 6.14. The number of fused-ring (bicyclic) bond motifs is 1. The maximum absolute atomic E-state index is 12.6. The molecule has 0 atom stereocenters. The number of likely N-dealkylation sites (tertiary alicyclic amines) is 1. The fourth-order valence-corrected chi connectivity index (χ4v) is 4.24. The largest absolute Gasteiger partial charge is 0.349 e. The molecule has 4 rings (SSSR count). The Balaban J connectivity index is 1.26. The molecular weight excluding hydrogens is 442 g/mol. The highest BCUT2D eigenvalue weighted by atomic mass is 79.9. The normalized spacial score (nSPS) is 18.7. The van der Waals surface area contributed by atoms with Crippen LogP contribution in [0.5, 0.6) is 0 Å². The summed E-state index contributed by atoms with van der Waals surface area (Å²) in [5, 5.41) is 8.36. The predicted octanol–water partition coefficient (Wildman–Crippen LogP) is 3.02. The van der Waals surface area contributed by atoms with Gasteiger partial charge in [-0.05, 0) is 35.7 Å². The average molecular weight is 467 g/mol. The van der Waals surface area contributed by atoms with Crippen molar-refractivity contribution in [2.75, 3.05) is 25.0 Å². The van der Waals surface area contributed by atoms with Crippen LogP contribution in [0.2, 0.25) is 0 Å². The molecule has 3 aromatic carbocycles. The quantitative estimate of drug-likeness (QED) is 0.541. The molecule has 1 fully saturated rings. The number of hydrogen-bond acceptors (Lipinski definition) is 2. The Morgan fingerprint density at radius 1 is 0.933 bits per heavy atom. The Kier molecular flexibility index (Phi) is 6.45. The molecule has 0 spiro atoms. The molecule has 0 aromatic heterocycles. The minimum absolute atomic E-state index is 0.0266. The highest BCUT2D eigenvalue weighted by Crippen LogP contribution is 2.22. The van der Waals surface area contributed by atoms with Crippen LogP contribution >= 0.6 is 15.9 Å². The first-order valence-corrected chi connectivity index (χ1v) is 11.1. The van der Waals surface area contributed by atoms with Crippen molar-refractivity contribution in [1.29, 1.82) is 0 Å². The summed E-state index contributed by atoms with van der Waals surface area (Å²) in [7, 11) is 0. The Morgan fingerprint density at radius 2 is 1.63 bits per heavy atom. The Bertz CT molecular complexity index is 1040. The molecule has 0 radical (unpaired) electrons. The zero-order valence-corrected chi connectivity index (χ0v) is 18.2. The molecule has 0 saturated carbocycles. The summed E-state index contributed by atoms with van der Waals surface area (Å²) in [4.78, 5) is 26.2. The zero-order valence-electron chi connectivity index (χ0n) is 16.7. The molecule has 0 unspecified atom stereocenters. The molecule has 0 bridgehead atoms. The average Bonchev–Trinajstić information content (AvgIpc) is 2.76. The Morgan fingerprint density at radius 3 is 2.40 bits per heavy atom. The van der Waals surface area contributed by atoms with Crippen molar-refractivity contribution in [2.24, 2.45) is 0 Å². The first-order valence-electron chi connectivity index (χ1n) is 10.3. The van der Waals surface area contributed by atoms with Crippen molar-refractivity contribution in [3.63, 3.8) is 0 Å². The fraction of sp³-hybridized carbons (Fsp3) is 0.250. The number of anilines is 1. The highest BCUT2D eigenvalue weighted by molar-refractivity contribution is 9.10. The second kappa shape index (κ2) is 9.41. The molecule has 1 aliphatic rings. The van der Waals surface area contributed by atoms with E-state index < -0.39 is 0 Å². The SMILES string of the molecule is O=C(C[NH+]1CCC(NC(=O)c2ccc(Br)cc2)CC1)Nc1cccc2ccccc12. The van der Waals surface area contributed by atoms with Crippen molar-refractivity contribution in [3.05, 3.63) is 76.8 Å². The van der Waals surface area contributed by atoms with Crippen molar-refractivity contribution in [3.8, 4) is 0 Å². The fourth-order valence-electron chi connectivity index (χ4n) is 3.97. The van der Waals surface area contributed by atoms with Crippen LogP contribution in [-0.4, -0.2) is 37.5 Å². The smallest absolute Gasteiger partial charge is 0.279 e. The number of benzene rings is 3. The van der Waals surface area contributed by atoms with Gasteiger partial charge in [0.1, 0.15) is 0 Å². The van der Waals surface area contributed by atoms with E-state index in [2.05, 4.69) is 26.6 Å². The standard InChI is InChI=1S/C24H24BrN3O2/c25-19-10-8-18(9-11-19)24(30)26-20-12-14-28(15-13-20)16-23(29)27-22-7-3-5-17-4-1-2-6-21(17)22/h1-11,20H,12-16H2,(H,26,30)(H,27,29)/p+1. The Labute approximate surface area is 184 Å². The van der Waals surface area contributed by atoms with E-state index in [0.29, 0.717) is 12.1 Å². The number of carbonyl (C=O) groups is 2. The molecule has 1 saturated heterocycles. The van der Waals surface area contributed by atoms with Crippen LogP contribution in [0.15, 0.2) is 71.2 Å². The van der Waals surface area contributed by atoms with Gasteiger partial charge >= 0.3 is 0 Å². The molecule has 154 valence electrons. The van der Waals surface area contributed by atoms with Crippen molar-refractivity contribution in [1.82, 2.24) is 5.32 Å². The number of piperidine rings is 1. The molecule has 0 aliphatic carbocycles. The third-order valence-electron chi connectivity index (χ3n) is 5.61. The number of hydrogen-bond donors (Lipinski definition) is 3. The van der Waals surface area contributed by atoms with Crippen LogP contribution in [0.25, 0.3) is 10.8 Å². The van der Waals surface area contributed by atoms with Gasteiger partial charge in [-0.3, -0.25) is 9.59 Å². The lowest BCUT2D eigenvalue weighted by Gasteiger charge is -2.29. The molecule has 1 aliphatic heterocycles. The van der Waals surface area contributed by atoms with E-state index in [1.54, 1.807) is 0 Å². The van der Waals surface area contributed by atoms with E-state index in [0.717, 1.165) is 46.9 Å². The van der Waals surface area contributed by atoms with E-state index in [9.17, 15) is 9.59 Å². The monoisotopic (exact) mass is 466 g/mol. The van der Waals surface area contributed by atoms with Gasteiger partial charge in [0, 0.05) is 40.0 Å². The summed E-state index contributed by atoms with van der Waals surface area (Å²) in [6.07, 6.45) is 1.75. The summed E-state index contributed by atoms with van der Waals surface area (Å²) in [5.41, 5.74) is 1.52. The van der Waals surface area contributed by atoms with Gasteiger partial charge in [0.05, 0.1) is 13.1 Å². The summed E-state index contributed by atoms with van der Waals surface area (Å²) in [6.45, 7) is 2.18. The molecule has 5 nitrogen and oxygen atoms in total. The predicted molar refractivity (Wildman–Crippen MR) is 123 cm³/mol.